The third-order valence-corrected chi connectivity index (χ3v) is 3.82. The summed E-state index contributed by atoms with van der Waals surface area (Å²) in [4.78, 5) is 20.0. The van der Waals surface area contributed by atoms with Gasteiger partial charge in [-0.25, -0.2) is 19.2 Å². The van der Waals surface area contributed by atoms with E-state index < -0.39 is 5.82 Å². The van der Waals surface area contributed by atoms with Crippen molar-refractivity contribution in [3.8, 4) is 0 Å². The third-order valence-electron chi connectivity index (χ3n) is 3.53. The van der Waals surface area contributed by atoms with E-state index >= 15 is 0 Å². The van der Waals surface area contributed by atoms with Gasteiger partial charge in [0.1, 0.15) is 23.8 Å². The van der Waals surface area contributed by atoms with E-state index in [0.29, 0.717) is 29.5 Å². The average Bonchev–Trinajstić information content (AvgIpc) is 2.66. The van der Waals surface area contributed by atoms with Crippen LogP contribution >= 0.6 is 11.6 Å². The molecule has 1 heterocycles. The zero-order valence-corrected chi connectivity index (χ0v) is 15.1. The number of carbonyl (C=O) groups excluding carboxylic acids is 1. The van der Waals surface area contributed by atoms with E-state index in [9.17, 15) is 9.18 Å². The highest BCUT2D eigenvalue weighted by Gasteiger charge is 2.07. The number of aromatic nitrogens is 2. The number of hydrogen-bond acceptors (Lipinski definition) is 6. The molecule has 1 aromatic heterocycles. The van der Waals surface area contributed by atoms with Crippen molar-refractivity contribution in [2.24, 2.45) is 0 Å². The van der Waals surface area contributed by atoms with Gasteiger partial charge in [-0.3, -0.25) is 0 Å². The van der Waals surface area contributed by atoms with Crippen molar-refractivity contribution < 1.29 is 13.9 Å². The number of halogens is 2. The van der Waals surface area contributed by atoms with Crippen LogP contribution in [0.25, 0.3) is 0 Å². The van der Waals surface area contributed by atoms with Gasteiger partial charge in [-0.2, -0.15) is 0 Å². The Bertz CT molecular complexity index is 951. The second-order valence-electron chi connectivity index (χ2n) is 5.47. The predicted octanol–water partition coefficient (Wildman–Crippen LogP) is 4.93. The predicted molar refractivity (Wildman–Crippen MR) is 102 cm³/mol. The average molecular weight is 387 g/mol. The molecule has 0 saturated carbocycles. The smallest absolute Gasteiger partial charge is 0.338 e. The maximum Gasteiger partial charge on any atom is 0.338 e. The van der Waals surface area contributed by atoms with Crippen molar-refractivity contribution in [1.82, 2.24) is 9.97 Å². The number of benzene rings is 2. The molecule has 0 fully saturated rings. The third kappa shape index (κ3) is 4.92. The SMILES string of the molecule is CCOC(=O)c1ccc(Nc2cc(Nc3ccc(F)c(Cl)c3)ncn2)cc1. The molecule has 0 aliphatic carbocycles. The van der Waals surface area contributed by atoms with Gasteiger partial charge in [0.15, 0.2) is 0 Å². The van der Waals surface area contributed by atoms with E-state index in [1.54, 1.807) is 43.3 Å². The van der Waals surface area contributed by atoms with E-state index in [1.807, 2.05) is 0 Å². The van der Waals surface area contributed by atoms with Crippen LogP contribution in [-0.2, 0) is 4.74 Å². The lowest BCUT2D eigenvalue weighted by Crippen LogP contribution is -2.04. The molecule has 0 aliphatic heterocycles. The van der Waals surface area contributed by atoms with Crippen LogP contribution in [0, 0.1) is 5.82 Å². The molecule has 0 saturated heterocycles. The Balaban J connectivity index is 1.70. The van der Waals surface area contributed by atoms with Crippen molar-refractivity contribution in [3.63, 3.8) is 0 Å². The molecule has 8 heteroatoms. The molecular formula is C19H16ClFN4O2. The summed E-state index contributed by atoms with van der Waals surface area (Å²) >= 11 is 5.78. The first-order chi connectivity index (χ1) is 13.0. The largest absolute Gasteiger partial charge is 0.462 e. The molecule has 0 amide bonds. The summed E-state index contributed by atoms with van der Waals surface area (Å²) in [5.74, 6) is 0.206. The van der Waals surface area contributed by atoms with Gasteiger partial charge in [0.05, 0.1) is 17.2 Å². The minimum absolute atomic E-state index is 0.0223. The Morgan fingerprint density at radius 3 is 2.30 bits per heavy atom. The fourth-order valence-electron chi connectivity index (χ4n) is 2.27. The Labute approximate surface area is 160 Å². The normalized spacial score (nSPS) is 10.3. The number of rotatable bonds is 6. The standard InChI is InChI=1S/C19H16ClFN4O2/c1-2-27-19(26)12-3-5-13(6-4-12)24-17-10-18(23-11-22-17)25-14-7-8-16(21)15(20)9-14/h3-11H,2H2,1H3,(H2,22,23,24,25). The van der Waals surface area contributed by atoms with Gasteiger partial charge in [0.25, 0.3) is 0 Å². The Kier molecular flexibility index (Phi) is 5.83. The summed E-state index contributed by atoms with van der Waals surface area (Å²) in [6.07, 6.45) is 1.39. The quantitative estimate of drug-likeness (QED) is 0.585. The number of carbonyl (C=O) groups is 1. The van der Waals surface area contributed by atoms with Crippen LogP contribution in [-0.4, -0.2) is 22.5 Å². The number of nitrogens with one attached hydrogen (secondary N) is 2. The Morgan fingerprint density at radius 2 is 1.67 bits per heavy atom. The van der Waals surface area contributed by atoms with Crippen LogP contribution in [0.5, 0.6) is 0 Å². The number of anilines is 4. The van der Waals surface area contributed by atoms with Gasteiger partial charge in [-0.05, 0) is 49.4 Å². The number of esters is 1. The fraction of sp³-hybridized carbons (Fsp3) is 0.105. The summed E-state index contributed by atoms with van der Waals surface area (Å²) in [7, 11) is 0. The molecule has 0 atom stereocenters. The molecule has 6 nitrogen and oxygen atoms in total. The van der Waals surface area contributed by atoms with Crippen molar-refractivity contribution in [2.45, 2.75) is 6.92 Å². The van der Waals surface area contributed by atoms with Gasteiger partial charge < -0.3 is 15.4 Å². The molecule has 2 N–H and O–H groups in total. The number of nitrogens with zero attached hydrogens (tertiary/aromatic N) is 2. The summed E-state index contributed by atoms with van der Waals surface area (Å²) in [6.45, 7) is 2.09. The van der Waals surface area contributed by atoms with Crippen LogP contribution in [0.4, 0.5) is 27.4 Å². The highest BCUT2D eigenvalue weighted by molar-refractivity contribution is 6.31. The van der Waals surface area contributed by atoms with E-state index in [0.717, 1.165) is 5.69 Å². The highest BCUT2D eigenvalue weighted by atomic mass is 35.5. The lowest BCUT2D eigenvalue weighted by molar-refractivity contribution is 0.0526. The van der Waals surface area contributed by atoms with Crippen molar-refractivity contribution in [3.05, 3.63) is 71.3 Å². The van der Waals surface area contributed by atoms with Gasteiger partial charge in [-0.1, -0.05) is 11.6 Å². The van der Waals surface area contributed by atoms with Crippen LogP contribution in [0.3, 0.4) is 0 Å². The van der Waals surface area contributed by atoms with Gasteiger partial charge in [-0.15, -0.1) is 0 Å². The van der Waals surface area contributed by atoms with Crippen LogP contribution in [0.2, 0.25) is 5.02 Å². The second-order valence-corrected chi connectivity index (χ2v) is 5.87. The summed E-state index contributed by atoms with van der Waals surface area (Å²) in [5.41, 5.74) is 1.82. The van der Waals surface area contributed by atoms with E-state index in [-0.39, 0.29) is 11.0 Å². The lowest BCUT2D eigenvalue weighted by atomic mass is 10.2. The van der Waals surface area contributed by atoms with Crippen molar-refractivity contribution >= 4 is 40.6 Å². The minimum Gasteiger partial charge on any atom is -0.462 e. The topological polar surface area (TPSA) is 76.1 Å². The monoisotopic (exact) mass is 386 g/mol. The van der Waals surface area contributed by atoms with Crippen LogP contribution < -0.4 is 10.6 Å². The fourth-order valence-corrected chi connectivity index (χ4v) is 2.45. The molecule has 27 heavy (non-hydrogen) atoms. The molecule has 0 spiro atoms. The first-order valence-corrected chi connectivity index (χ1v) is 8.51. The lowest BCUT2D eigenvalue weighted by Gasteiger charge is -2.09. The zero-order valence-electron chi connectivity index (χ0n) is 14.4. The summed E-state index contributed by atoms with van der Waals surface area (Å²) in [6, 6.07) is 12.8. The molecule has 0 aliphatic rings. The summed E-state index contributed by atoms with van der Waals surface area (Å²) < 4.78 is 18.2. The number of ether oxygens (including phenoxy) is 1. The highest BCUT2D eigenvalue weighted by Crippen LogP contribution is 2.23. The zero-order chi connectivity index (χ0) is 19.2. The Hall–Kier alpha value is -3.19. The first kappa shape index (κ1) is 18.6. The molecule has 3 rings (SSSR count). The minimum atomic E-state index is -0.487. The van der Waals surface area contributed by atoms with E-state index in [2.05, 4.69) is 20.6 Å². The maximum atomic E-state index is 13.2. The van der Waals surface area contributed by atoms with Gasteiger partial charge in [0, 0.05) is 17.4 Å². The first-order valence-electron chi connectivity index (χ1n) is 8.13. The van der Waals surface area contributed by atoms with Crippen LogP contribution in [0.15, 0.2) is 54.9 Å². The molecule has 138 valence electrons. The second kappa shape index (κ2) is 8.46. The van der Waals surface area contributed by atoms with E-state index in [4.69, 9.17) is 16.3 Å². The molecule has 3 aromatic rings. The van der Waals surface area contributed by atoms with Crippen molar-refractivity contribution in [2.75, 3.05) is 17.2 Å². The summed E-state index contributed by atoms with van der Waals surface area (Å²) in [5, 5.41) is 6.17. The van der Waals surface area contributed by atoms with Crippen LogP contribution in [0.1, 0.15) is 17.3 Å². The van der Waals surface area contributed by atoms with Gasteiger partial charge >= 0.3 is 5.97 Å². The molecule has 0 radical (unpaired) electrons. The molecule has 2 aromatic carbocycles. The van der Waals surface area contributed by atoms with Crippen molar-refractivity contribution in [1.29, 1.82) is 0 Å². The maximum absolute atomic E-state index is 13.2. The molecular weight excluding hydrogens is 371 g/mol. The molecule has 0 unspecified atom stereocenters. The Morgan fingerprint density at radius 1 is 1.04 bits per heavy atom. The van der Waals surface area contributed by atoms with Gasteiger partial charge in [0.2, 0.25) is 0 Å². The number of hydrogen-bond donors (Lipinski definition) is 2. The molecule has 0 bridgehead atoms. The van der Waals surface area contributed by atoms with E-state index in [1.165, 1.54) is 18.5 Å².